The summed E-state index contributed by atoms with van der Waals surface area (Å²) >= 11 is 0. The number of sulfonamides is 1. The van der Waals surface area contributed by atoms with E-state index in [1.54, 1.807) is 0 Å². The molecule has 0 aliphatic heterocycles. The van der Waals surface area contributed by atoms with Gasteiger partial charge in [0.25, 0.3) is 15.9 Å². The quantitative estimate of drug-likeness (QED) is 0.732. The highest BCUT2D eigenvalue weighted by molar-refractivity contribution is 7.92. The SMILES string of the molecule is COCCNC(=O)c1ccc(S(=O)(=O)Nc2ccc(F)c(F)c2)cc1. The van der Waals surface area contributed by atoms with Crippen LogP contribution in [0.25, 0.3) is 0 Å². The number of methoxy groups -OCH3 is 1. The lowest BCUT2D eigenvalue weighted by Gasteiger charge is -2.09. The monoisotopic (exact) mass is 370 g/mol. The topological polar surface area (TPSA) is 84.5 Å². The number of benzene rings is 2. The van der Waals surface area contributed by atoms with Crippen molar-refractivity contribution in [2.45, 2.75) is 4.90 Å². The third kappa shape index (κ3) is 4.97. The Bertz CT molecular complexity index is 855. The van der Waals surface area contributed by atoms with Gasteiger partial charge in [0.2, 0.25) is 0 Å². The van der Waals surface area contributed by atoms with Crippen molar-refractivity contribution >= 4 is 21.6 Å². The molecule has 0 aromatic heterocycles. The average molecular weight is 370 g/mol. The minimum atomic E-state index is -4.00. The third-order valence-electron chi connectivity index (χ3n) is 3.19. The van der Waals surface area contributed by atoms with Crippen molar-refractivity contribution in [3.63, 3.8) is 0 Å². The Labute approximate surface area is 143 Å². The minimum Gasteiger partial charge on any atom is -0.383 e. The molecule has 0 saturated heterocycles. The zero-order valence-corrected chi connectivity index (χ0v) is 14.1. The second-order valence-corrected chi connectivity index (χ2v) is 6.69. The Morgan fingerprint density at radius 1 is 1.08 bits per heavy atom. The van der Waals surface area contributed by atoms with Gasteiger partial charge in [-0.25, -0.2) is 17.2 Å². The van der Waals surface area contributed by atoms with Crippen LogP contribution in [0.5, 0.6) is 0 Å². The second kappa shape index (κ2) is 8.04. The molecule has 0 radical (unpaired) electrons. The predicted molar refractivity (Wildman–Crippen MR) is 87.8 cm³/mol. The number of carbonyl (C=O) groups excluding carboxylic acids is 1. The van der Waals surface area contributed by atoms with Gasteiger partial charge in [0.1, 0.15) is 0 Å². The number of nitrogens with one attached hydrogen (secondary N) is 2. The Morgan fingerprint density at radius 2 is 1.76 bits per heavy atom. The zero-order valence-electron chi connectivity index (χ0n) is 13.3. The maximum absolute atomic E-state index is 13.2. The summed E-state index contributed by atoms with van der Waals surface area (Å²) in [6.45, 7) is 0.684. The molecule has 0 heterocycles. The molecule has 0 aliphatic carbocycles. The number of ether oxygens (including phenoxy) is 1. The van der Waals surface area contributed by atoms with Gasteiger partial charge < -0.3 is 10.1 Å². The molecule has 0 saturated carbocycles. The Balaban J connectivity index is 2.11. The summed E-state index contributed by atoms with van der Waals surface area (Å²) in [4.78, 5) is 11.7. The molecule has 2 aromatic carbocycles. The molecule has 2 N–H and O–H groups in total. The number of halogens is 2. The molecule has 2 rings (SSSR count). The fourth-order valence-electron chi connectivity index (χ4n) is 1.93. The Hall–Kier alpha value is -2.52. The van der Waals surface area contributed by atoms with E-state index in [9.17, 15) is 22.0 Å². The van der Waals surface area contributed by atoms with Gasteiger partial charge >= 0.3 is 0 Å². The molecule has 0 fully saturated rings. The molecule has 25 heavy (non-hydrogen) atoms. The first-order valence-electron chi connectivity index (χ1n) is 7.18. The molecular formula is C16H16F2N2O4S. The number of amides is 1. The molecule has 1 amide bonds. The summed E-state index contributed by atoms with van der Waals surface area (Å²) in [5, 5.41) is 2.60. The summed E-state index contributed by atoms with van der Waals surface area (Å²) in [5.41, 5.74) is 0.170. The number of hydrogen-bond donors (Lipinski definition) is 2. The number of hydrogen-bond acceptors (Lipinski definition) is 4. The second-order valence-electron chi connectivity index (χ2n) is 5.01. The van der Waals surface area contributed by atoms with Crippen molar-refractivity contribution in [3.8, 4) is 0 Å². The first kappa shape index (κ1) is 18.8. The lowest BCUT2D eigenvalue weighted by atomic mass is 10.2. The number of carbonyl (C=O) groups is 1. The summed E-state index contributed by atoms with van der Waals surface area (Å²) in [6.07, 6.45) is 0. The standard InChI is InChI=1S/C16H16F2N2O4S/c1-24-9-8-19-16(21)11-2-5-13(6-3-11)25(22,23)20-12-4-7-14(17)15(18)10-12/h2-7,10,20H,8-9H2,1H3,(H,19,21). The van der Waals surface area contributed by atoms with Gasteiger partial charge in [-0.1, -0.05) is 0 Å². The van der Waals surface area contributed by atoms with Crippen LogP contribution in [0.1, 0.15) is 10.4 Å². The van der Waals surface area contributed by atoms with Crippen LogP contribution in [0.2, 0.25) is 0 Å². The van der Waals surface area contributed by atoms with Crippen LogP contribution in [0.3, 0.4) is 0 Å². The van der Waals surface area contributed by atoms with E-state index in [0.29, 0.717) is 13.2 Å². The maximum atomic E-state index is 13.2. The van der Waals surface area contributed by atoms with Gasteiger partial charge in [0.05, 0.1) is 17.2 Å². The molecule has 0 bridgehead atoms. The van der Waals surface area contributed by atoms with E-state index >= 15 is 0 Å². The van der Waals surface area contributed by atoms with Gasteiger partial charge in [-0.2, -0.15) is 0 Å². The fraction of sp³-hybridized carbons (Fsp3) is 0.188. The molecule has 0 spiro atoms. The van der Waals surface area contributed by atoms with Gasteiger partial charge in [-0.3, -0.25) is 9.52 Å². The van der Waals surface area contributed by atoms with Crippen LogP contribution < -0.4 is 10.0 Å². The van der Waals surface area contributed by atoms with Crippen LogP contribution in [0.4, 0.5) is 14.5 Å². The maximum Gasteiger partial charge on any atom is 0.261 e. The number of rotatable bonds is 7. The highest BCUT2D eigenvalue weighted by atomic mass is 32.2. The summed E-state index contributed by atoms with van der Waals surface area (Å²) in [6, 6.07) is 7.85. The van der Waals surface area contributed by atoms with Crippen LogP contribution >= 0.6 is 0 Å². The van der Waals surface area contributed by atoms with E-state index in [1.165, 1.54) is 31.4 Å². The average Bonchev–Trinajstić information content (AvgIpc) is 2.58. The van der Waals surface area contributed by atoms with Crippen LogP contribution in [0, 0.1) is 11.6 Å². The van der Waals surface area contributed by atoms with Crippen LogP contribution in [-0.2, 0) is 14.8 Å². The van der Waals surface area contributed by atoms with E-state index in [1.807, 2.05) is 0 Å². The van der Waals surface area contributed by atoms with Gasteiger partial charge in [-0.05, 0) is 36.4 Å². The summed E-state index contributed by atoms with van der Waals surface area (Å²) in [5.74, 6) is -2.61. The van der Waals surface area contributed by atoms with Crippen molar-refractivity contribution in [1.29, 1.82) is 0 Å². The van der Waals surface area contributed by atoms with E-state index in [0.717, 1.165) is 18.2 Å². The van der Waals surface area contributed by atoms with Crippen LogP contribution in [-0.4, -0.2) is 34.6 Å². The van der Waals surface area contributed by atoms with E-state index in [4.69, 9.17) is 4.74 Å². The third-order valence-corrected chi connectivity index (χ3v) is 4.59. The molecule has 134 valence electrons. The van der Waals surface area contributed by atoms with Gasteiger partial charge in [0.15, 0.2) is 11.6 Å². The molecular weight excluding hydrogens is 354 g/mol. The van der Waals surface area contributed by atoms with Gasteiger partial charge in [0, 0.05) is 25.3 Å². The first-order chi connectivity index (χ1) is 11.8. The smallest absolute Gasteiger partial charge is 0.261 e. The van der Waals surface area contributed by atoms with E-state index in [2.05, 4.69) is 10.0 Å². The van der Waals surface area contributed by atoms with Crippen molar-refractivity contribution in [1.82, 2.24) is 5.32 Å². The van der Waals surface area contributed by atoms with Crippen molar-refractivity contribution in [2.24, 2.45) is 0 Å². The first-order valence-corrected chi connectivity index (χ1v) is 8.67. The minimum absolute atomic E-state index is 0.111. The molecule has 0 unspecified atom stereocenters. The van der Waals surface area contributed by atoms with Crippen molar-refractivity contribution in [3.05, 3.63) is 59.7 Å². The highest BCUT2D eigenvalue weighted by Gasteiger charge is 2.16. The fourth-order valence-corrected chi connectivity index (χ4v) is 2.98. The Morgan fingerprint density at radius 3 is 2.36 bits per heavy atom. The zero-order chi connectivity index (χ0) is 18.4. The summed E-state index contributed by atoms with van der Waals surface area (Å²) in [7, 11) is -2.49. The van der Waals surface area contributed by atoms with E-state index in [-0.39, 0.29) is 22.1 Å². The molecule has 6 nitrogen and oxygen atoms in total. The lowest BCUT2D eigenvalue weighted by Crippen LogP contribution is -2.26. The largest absolute Gasteiger partial charge is 0.383 e. The molecule has 9 heteroatoms. The molecule has 2 aromatic rings. The van der Waals surface area contributed by atoms with Gasteiger partial charge in [-0.15, -0.1) is 0 Å². The van der Waals surface area contributed by atoms with E-state index < -0.39 is 21.7 Å². The molecule has 0 aliphatic rings. The molecule has 0 atom stereocenters. The Kier molecular flexibility index (Phi) is 6.05. The number of anilines is 1. The highest BCUT2D eigenvalue weighted by Crippen LogP contribution is 2.18. The van der Waals surface area contributed by atoms with Crippen LogP contribution in [0.15, 0.2) is 47.4 Å². The van der Waals surface area contributed by atoms with Crippen molar-refractivity contribution in [2.75, 3.05) is 25.0 Å². The summed E-state index contributed by atoms with van der Waals surface area (Å²) < 4.78 is 57.5. The lowest BCUT2D eigenvalue weighted by molar-refractivity contribution is 0.0937. The van der Waals surface area contributed by atoms with Crippen molar-refractivity contribution < 1.29 is 26.7 Å². The predicted octanol–water partition coefficient (Wildman–Crippen LogP) is 2.14. The normalized spacial score (nSPS) is 11.2.